The quantitative estimate of drug-likeness (QED) is 0.912. The van der Waals surface area contributed by atoms with Gasteiger partial charge >= 0.3 is 0 Å². The number of nitrogens with one attached hydrogen (secondary N) is 1. The average Bonchev–Trinajstić information content (AvgIpc) is 3.03. The summed E-state index contributed by atoms with van der Waals surface area (Å²) >= 11 is 0. The molecule has 0 unspecified atom stereocenters. The maximum absolute atomic E-state index is 11.7. The van der Waals surface area contributed by atoms with Gasteiger partial charge in [-0.05, 0) is 36.5 Å². The van der Waals surface area contributed by atoms with E-state index in [1.165, 1.54) is 0 Å². The second kappa shape index (κ2) is 5.27. The first-order valence-electron chi connectivity index (χ1n) is 7.32. The Balaban J connectivity index is 1.56. The van der Waals surface area contributed by atoms with Crippen LogP contribution in [-0.2, 0) is 16.1 Å². The van der Waals surface area contributed by atoms with E-state index in [0.717, 1.165) is 30.6 Å². The van der Waals surface area contributed by atoms with Gasteiger partial charge in [0, 0.05) is 31.1 Å². The summed E-state index contributed by atoms with van der Waals surface area (Å²) < 4.78 is 0. The van der Waals surface area contributed by atoms with Crippen molar-refractivity contribution < 1.29 is 9.59 Å². The van der Waals surface area contributed by atoms with Gasteiger partial charge < -0.3 is 10.2 Å². The lowest BCUT2D eigenvalue weighted by atomic mass is 10.2. The molecule has 1 saturated heterocycles. The molecule has 1 aromatic rings. The molecule has 1 saturated carbocycles. The molecule has 1 heterocycles. The summed E-state index contributed by atoms with van der Waals surface area (Å²) in [4.78, 5) is 25.2. The van der Waals surface area contributed by atoms with Gasteiger partial charge in [-0.2, -0.15) is 0 Å². The van der Waals surface area contributed by atoms with Crippen LogP contribution in [-0.4, -0.2) is 18.4 Å². The fraction of sp³-hybridized carbons (Fsp3) is 0.500. The molecule has 4 nitrogen and oxygen atoms in total. The lowest BCUT2D eigenvalue weighted by molar-refractivity contribution is -0.122. The zero-order chi connectivity index (χ0) is 14.1. The highest BCUT2D eigenvalue weighted by molar-refractivity contribution is 5.95. The third-order valence-corrected chi connectivity index (χ3v) is 4.23. The van der Waals surface area contributed by atoms with Crippen LogP contribution in [0, 0.1) is 11.8 Å². The molecule has 2 atom stereocenters. The molecule has 1 aliphatic carbocycles. The van der Waals surface area contributed by atoms with Crippen molar-refractivity contribution in [3.63, 3.8) is 0 Å². The summed E-state index contributed by atoms with van der Waals surface area (Å²) in [6, 6.07) is 7.89. The Morgan fingerprint density at radius 2 is 2.05 bits per heavy atom. The van der Waals surface area contributed by atoms with Crippen LogP contribution >= 0.6 is 0 Å². The Morgan fingerprint density at radius 3 is 2.60 bits per heavy atom. The zero-order valence-electron chi connectivity index (χ0n) is 11.8. The van der Waals surface area contributed by atoms with Crippen molar-refractivity contribution >= 4 is 17.5 Å². The Labute approximate surface area is 119 Å². The highest BCUT2D eigenvalue weighted by atomic mass is 16.2. The van der Waals surface area contributed by atoms with Crippen LogP contribution < -0.4 is 10.2 Å². The Morgan fingerprint density at radius 1 is 1.35 bits per heavy atom. The molecule has 1 N–H and O–H groups in total. The highest BCUT2D eigenvalue weighted by Gasteiger charge is 2.38. The minimum Gasteiger partial charge on any atom is -0.352 e. The minimum absolute atomic E-state index is 0.163. The molecule has 1 aromatic carbocycles. The van der Waals surface area contributed by atoms with Gasteiger partial charge in [0.2, 0.25) is 11.8 Å². The number of anilines is 1. The predicted octanol–water partition coefficient (Wildman–Crippen LogP) is 2.09. The largest absolute Gasteiger partial charge is 0.352 e. The molecular formula is C16H20N2O2. The van der Waals surface area contributed by atoms with E-state index in [2.05, 4.69) is 12.2 Å². The first-order valence-corrected chi connectivity index (χ1v) is 7.32. The summed E-state index contributed by atoms with van der Waals surface area (Å²) in [5.74, 6) is 1.13. The fourth-order valence-electron chi connectivity index (χ4n) is 2.72. The summed E-state index contributed by atoms with van der Waals surface area (Å²) in [5.41, 5.74) is 2.03. The van der Waals surface area contributed by atoms with Crippen molar-refractivity contribution in [3.8, 4) is 0 Å². The van der Waals surface area contributed by atoms with Crippen molar-refractivity contribution in [1.82, 2.24) is 5.32 Å². The fourth-order valence-corrected chi connectivity index (χ4v) is 2.72. The average molecular weight is 272 g/mol. The predicted molar refractivity (Wildman–Crippen MR) is 77.1 cm³/mol. The monoisotopic (exact) mass is 272 g/mol. The van der Waals surface area contributed by atoms with Crippen LogP contribution in [0.15, 0.2) is 24.3 Å². The van der Waals surface area contributed by atoms with E-state index in [0.29, 0.717) is 18.9 Å². The van der Waals surface area contributed by atoms with Crippen LogP contribution in [0.5, 0.6) is 0 Å². The molecule has 20 heavy (non-hydrogen) atoms. The molecule has 2 aliphatic rings. The first kappa shape index (κ1) is 13.2. The van der Waals surface area contributed by atoms with Crippen LogP contribution in [0.4, 0.5) is 5.69 Å². The molecule has 3 rings (SSSR count). The first-order chi connectivity index (χ1) is 9.65. The summed E-state index contributed by atoms with van der Waals surface area (Å²) in [6.45, 7) is 3.48. The number of hydrogen-bond acceptors (Lipinski definition) is 2. The maximum atomic E-state index is 11.7. The second-order valence-electron chi connectivity index (χ2n) is 5.85. The van der Waals surface area contributed by atoms with Gasteiger partial charge in [-0.15, -0.1) is 0 Å². The molecule has 0 bridgehead atoms. The molecular weight excluding hydrogens is 252 g/mol. The number of amides is 2. The standard InChI is InChI=1S/C16H20N2O2/c1-11-9-14(11)16(20)17-10-12-4-6-13(7-5-12)18-8-2-3-15(18)19/h4-7,11,14H,2-3,8-10H2,1H3,(H,17,20)/t11-,14-/m0/s1. The van der Waals surface area contributed by atoms with E-state index in [4.69, 9.17) is 0 Å². The smallest absolute Gasteiger partial charge is 0.227 e. The molecule has 2 amide bonds. The lowest BCUT2D eigenvalue weighted by Gasteiger charge is -2.16. The number of nitrogens with zero attached hydrogens (tertiary/aromatic N) is 1. The van der Waals surface area contributed by atoms with Crippen molar-refractivity contribution in [2.75, 3.05) is 11.4 Å². The molecule has 0 spiro atoms. The normalized spacial score (nSPS) is 24.9. The van der Waals surface area contributed by atoms with Gasteiger partial charge in [0.25, 0.3) is 0 Å². The van der Waals surface area contributed by atoms with Gasteiger partial charge in [-0.25, -0.2) is 0 Å². The van der Waals surface area contributed by atoms with E-state index in [9.17, 15) is 9.59 Å². The van der Waals surface area contributed by atoms with Crippen LogP contribution in [0.2, 0.25) is 0 Å². The maximum Gasteiger partial charge on any atom is 0.227 e. The molecule has 1 aliphatic heterocycles. The second-order valence-corrected chi connectivity index (χ2v) is 5.85. The van der Waals surface area contributed by atoms with E-state index < -0.39 is 0 Å². The topological polar surface area (TPSA) is 49.4 Å². The third kappa shape index (κ3) is 2.69. The van der Waals surface area contributed by atoms with E-state index in [1.54, 1.807) is 0 Å². The van der Waals surface area contributed by atoms with Crippen LogP contribution in [0.1, 0.15) is 31.7 Å². The lowest BCUT2D eigenvalue weighted by Crippen LogP contribution is -2.25. The van der Waals surface area contributed by atoms with E-state index in [1.807, 2.05) is 29.2 Å². The number of carbonyl (C=O) groups excluding carboxylic acids is 2. The van der Waals surface area contributed by atoms with E-state index >= 15 is 0 Å². The third-order valence-electron chi connectivity index (χ3n) is 4.23. The van der Waals surface area contributed by atoms with Crippen molar-refractivity contribution in [3.05, 3.63) is 29.8 Å². The number of hydrogen-bond donors (Lipinski definition) is 1. The molecule has 106 valence electrons. The number of carbonyl (C=O) groups is 2. The van der Waals surface area contributed by atoms with Crippen molar-refractivity contribution in [2.24, 2.45) is 11.8 Å². The van der Waals surface area contributed by atoms with E-state index in [-0.39, 0.29) is 17.7 Å². The molecule has 0 radical (unpaired) electrons. The van der Waals surface area contributed by atoms with Gasteiger partial charge in [0.15, 0.2) is 0 Å². The van der Waals surface area contributed by atoms with Crippen molar-refractivity contribution in [2.45, 2.75) is 32.7 Å². The van der Waals surface area contributed by atoms with Crippen LogP contribution in [0.25, 0.3) is 0 Å². The summed E-state index contributed by atoms with van der Waals surface area (Å²) in [7, 11) is 0. The minimum atomic E-state index is 0.163. The Bertz CT molecular complexity index is 524. The van der Waals surface area contributed by atoms with Crippen LogP contribution in [0.3, 0.4) is 0 Å². The van der Waals surface area contributed by atoms with Crippen molar-refractivity contribution in [1.29, 1.82) is 0 Å². The molecule has 0 aromatic heterocycles. The summed E-state index contributed by atoms with van der Waals surface area (Å²) in [5, 5.41) is 2.97. The Hall–Kier alpha value is -1.84. The van der Waals surface area contributed by atoms with Gasteiger partial charge in [-0.3, -0.25) is 9.59 Å². The van der Waals surface area contributed by atoms with Gasteiger partial charge in [0.1, 0.15) is 0 Å². The zero-order valence-corrected chi connectivity index (χ0v) is 11.8. The Kier molecular flexibility index (Phi) is 3.47. The summed E-state index contributed by atoms with van der Waals surface area (Å²) in [6.07, 6.45) is 2.61. The molecule has 4 heteroatoms. The van der Waals surface area contributed by atoms with Gasteiger partial charge in [0.05, 0.1) is 0 Å². The number of benzene rings is 1. The highest BCUT2D eigenvalue weighted by Crippen LogP contribution is 2.37. The number of rotatable bonds is 4. The van der Waals surface area contributed by atoms with Gasteiger partial charge in [-0.1, -0.05) is 19.1 Å². The SMILES string of the molecule is C[C@H]1C[C@@H]1C(=O)NCc1ccc(N2CCCC2=O)cc1. The molecule has 2 fully saturated rings.